The van der Waals surface area contributed by atoms with Crippen LogP contribution in [0.25, 0.3) is 0 Å². The fraction of sp³-hybridized carbons (Fsp3) is 0.0769. The highest BCUT2D eigenvalue weighted by molar-refractivity contribution is 9.10. The number of hydrogen-bond acceptors (Lipinski definition) is 3. The fourth-order valence-electron chi connectivity index (χ4n) is 1.62. The van der Waals surface area contributed by atoms with Crippen LogP contribution in [0.4, 0.5) is 24.7 Å². The second-order valence-electron chi connectivity index (χ2n) is 4.00. The van der Waals surface area contributed by atoms with Gasteiger partial charge in [-0.1, -0.05) is 0 Å². The molecule has 1 heterocycles. The highest BCUT2D eigenvalue weighted by Gasteiger charge is 2.16. The lowest BCUT2D eigenvalue weighted by atomic mass is 10.2. The molecule has 1 amide bonds. The van der Waals surface area contributed by atoms with Gasteiger partial charge in [-0.2, -0.15) is 0 Å². The minimum absolute atomic E-state index is 0.121. The lowest BCUT2D eigenvalue weighted by Gasteiger charge is -2.10. The molecular weight excluding hydrogens is 351 g/mol. The Morgan fingerprint density at radius 3 is 2.48 bits per heavy atom. The molecule has 0 saturated carbocycles. The Balaban J connectivity index is 2.34. The summed E-state index contributed by atoms with van der Waals surface area (Å²) >= 11 is 3.16. The van der Waals surface area contributed by atoms with Gasteiger partial charge in [-0.25, -0.2) is 18.2 Å². The number of aromatic nitrogens is 1. The first-order valence-corrected chi connectivity index (χ1v) is 6.51. The Morgan fingerprint density at radius 1 is 1.14 bits per heavy atom. The minimum atomic E-state index is -1.33. The van der Waals surface area contributed by atoms with Crippen LogP contribution in [-0.4, -0.2) is 17.9 Å². The van der Waals surface area contributed by atoms with E-state index < -0.39 is 29.0 Å². The molecule has 2 rings (SSSR count). The molecule has 110 valence electrons. The van der Waals surface area contributed by atoms with Gasteiger partial charge in [0, 0.05) is 29.8 Å². The lowest BCUT2D eigenvalue weighted by molar-refractivity contribution is 0.102. The van der Waals surface area contributed by atoms with Gasteiger partial charge in [0.05, 0.1) is 11.3 Å². The molecule has 0 atom stereocenters. The number of pyridine rings is 1. The Bertz CT molecular complexity index is 709. The van der Waals surface area contributed by atoms with Crippen molar-refractivity contribution in [1.82, 2.24) is 4.98 Å². The summed E-state index contributed by atoms with van der Waals surface area (Å²) in [6.07, 6.45) is 1.47. The molecular formula is C13H9BrF3N3O. The Morgan fingerprint density at radius 2 is 1.81 bits per heavy atom. The Hall–Kier alpha value is -2.09. The molecule has 4 nitrogen and oxygen atoms in total. The van der Waals surface area contributed by atoms with Gasteiger partial charge in [0.15, 0.2) is 11.6 Å². The third kappa shape index (κ3) is 3.33. The van der Waals surface area contributed by atoms with Gasteiger partial charge in [0.1, 0.15) is 11.6 Å². The molecule has 0 saturated heterocycles. The summed E-state index contributed by atoms with van der Waals surface area (Å²) in [7, 11) is 1.56. The summed E-state index contributed by atoms with van der Waals surface area (Å²) in [4.78, 5) is 16.1. The quantitative estimate of drug-likeness (QED) is 0.824. The standard InChI is InChI=1S/C13H9BrF3N3O/c1-18-12-7(2-6(14)5-19-12)13(21)20-11-4-9(16)8(15)3-10(11)17/h2-5H,1H3,(H,18,19)(H,20,21). The number of nitrogens with zero attached hydrogens (tertiary/aromatic N) is 1. The van der Waals surface area contributed by atoms with E-state index in [-0.39, 0.29) is 11.4 Å². The van der Waals surface area contributed by atoms with Crippen LogP contribution in [0.15, 0.2) is 28.9 Å². The van der Waals surface area contributed by atoms with Crippen LogP contribution in [-0.2, 0) is 0 Å². The maximum absolute atomic E-state index is 13.5. The van der Waals surface area contributed by atoms with Gasteiger partial charge >= 0.3 is 0 Å². The molecule has 0 aliphatic rings. The molecule has 0 spiro atoms. The second-order valence-corrected chi connectivity index (χ2v) is 4.92. The third-order valence-corrected chi connectivity index (χ3v) is 3.03. The molecule has 0 aliphatic heterocycles. The number of halogens is 4. The number of hydrogen-bond donors (Lipinski definition) is 2. The van der Waals surface area contributed by atoms with Gasteiger partial charge in [-0.15, -0.1) is 0 Å². The Kier molecular flexibility index (Phi) is 4.46. The molecule has 0 fully saturated rings. The van der Waals surface area contributed by atoms with Crippen molar-refractivity contribution in [3.05, 3.63) is 51.9 Å². The van der Waals surface area contributed by atoms with E-state index in [9.17, 15) is 18.0 Å². The molecule has 0 bridgehead atoms. The van der Waals surface area contributed by atoms with Crippen LogP contribution >= 0.6 is 15.9 Å². The summed E-state index contributed by atoms with van der Waals surface area (Å²) in [5.74, 6) is -4.11. The molecule has 2 aromatic rings. The molecule has 8 heteroatoms. The van der Waals surface area contributed by atoms with E-state index in [1.54, 1.807) is 7.05 Å². The zero-order valence-electron chi connectivity index (χ0n) is 10.7. The van der Waals surface area contributed by atoms with Crippen molar-refractivity contribution in [3.63, 3.8) is 0 Å². The lowest BCUT2D eigenvalue weighted by Crippen LogP contribution is -2.16. The molecule has 2 N–H and O–H groups in total. The Labute approximate surface area is 126 Å². The predicted molar refractivity (Wildman–Crippen MR) is 75.8 cm³/mol. The summed E-state index contributed by atoms with van der Waals surface area (Å²) in [5, 5.41) is 4.88. The first kappa shape index (κ1) is 15.3. The van der Waals surface area contributed by atoms with Crippen molar-refractivity contribution in [3.8, 4) is 0 Å². The predicted octanol–water partition coefficient (Wildman–Crippen LogP) is 3.56. The molecule has 1 aromatic heterocycles. The maximum atomic E-state index is 13.5. The van der Waals surface area contributed by atoms with Crippen molar-refractivity contribution in [2.24, 2.45) is 0 Å². The fourth-order valence-corrected chi connectivity index (χ4v) is 1.95. The zero-order valence-corrected chi connectivity index (χ0v) is 12.3. The van der Waals surface area contributed by atoms with Crippen molar-refractivity contribution in [1.29, 1.82) is 0 Å². The average Bonchev–Trinajstić information content (AvgIpc) is 2.44. The largest absolute Gasteiger partial charge is 0.372 e. The van der Waals surface area contributed by atoms with Crippen LogP contribution in [0.1, 0.15) is 10.4 Å². The topological polar surface area (TPSA) is 54.0 Å². The normalized spacial score (nSPS) is 10.3. The summed E-state index contributed by atoms with van der Waals surface area (Å²) in [6, 6.07) is 2.40. The van der Waals surface area contributed by atoms with E-state index in [1.165, 1.54) is 12.3 Å². The van der Waals surface area contributed by atoms with Crippen molar-refractivity contribution in [2.75, 3.05) is 17.7 Å². The number of carbonyl (C=O) groups excluding carboxylic acids is 1. The van der Waals surface area contributed by atoms with Gasteiger partial charge < -0.3 is 10.6 Å². The number of nitrogens with one attached hydrogen (secondary N) is 2. The van der Waals surface area contributed by atoms with E-state index in [4.69, 9.17) is 0 Å². The highest BCUT2D eigenvalue weighted by atomic mass is 79.9. The molecule has 0 radical (unpaired) electrons. The zero-order chi connectivity index (χ0) is 15.6. The molecule has 21 heavy (non-hydrogen) atoms. The number of benzene rings is 1. The molecule has 0 unspecified atom stereocenters. The maximum Gasteiger partial charge on any atom is 0.259 e. The number of amides is 1. The van der Waals surface area contributed by atoms with Crippen molar-refractivity contribution >= 4 is 33.3 Å². The van der Waals surface area contributed by atoms with Gasteiger partial charge in [-0.3, -0.25) is 4.79 Å². The number of anilines is 2. The first-order valence-electron chi connectivity index (χ1n) is 5.71. The summed E-state index contributed by atoms with van der Waals surface area (Å²) < 4.78 is 40.0. The smallest absolute Gasteiger partial charge is 0.259 e. The van der Waals surface area contributed by atoms with Gasteiger partial charge in [-0.05, 0) is 22.0 Å². The van der Waals surface area contributed by atoms with Crippen molar-refractivity contribution < 1.29 is 18.0 Å². The second kappa shape index (κ2) is 6.13. The molecule has 0 aliphatic carbocycles. The summed E-state index contributed by atoms with van der Waals surface area (Å²) in [5.41, 5.74) is -0.336. The van der Waals surface area contributed by atoms with E-state index in [2.05, 4.69) is 31.5 Å². The third-order valence-electron chi connectivity index (χ3n) is 2.59. The van der Waals surface area contributed by atoms with Crippen LogP contribution < -0.4 is 10.6 Å². The van der Waals surface area contributed by atoms with Gasteiger partial charge in [0.25, 0.3) is 5.91 Å². The minimum Gasteiger partial charge on any atom is -0.372 e. The SMILES string of the molecule is CNc1ncc(Br)cc1C(=O)Nc1cc(F)c(F)cc1F. The first-order chi connectivity index (χ1) is 9.92. The van der Waals surface area contributed by atoms with E-state index in [0.29, 0.717) is 16.6 Å². The van der Waals surface area contributed by atoms with Crippen molar-refractivity contribution in [2.45, 2.75) is 0 Å². The monoisotopic (exact) mass is 359 g/mol. The van der Waals surface area contributed by atoms with E-state index >= 15 is 0 Å². The van der Waals surface area contributed by atoms with E-state index in [1.807, 2.05) is 0 Å². The van der Waals surface area contributed by atoms with Crippen LogP contribution in [0.5, 0.6) is 0 Å². The van der Waals surface area contributed by atoms with Crippen LogP contribution in [0.3, 0.4) is 0 Å². The highest BCUT2D eigenvalue weighted by Crippen LogP contribution is 2.22. The number of rotatable bonds is 3. The van der Waals surface area contributed by atoms with E-state index in [0.717, 1.165) is 0 Å². The number of carbonyl (C=O) groups is 1. The van der Waals surface area contributed by atoms with Crippen LogP contribution in [0.2, 0.25) is 0 Å². The van der Waals surface area contributed by atoms with Gasteiger partial charge in [0.2, 0.25) is 0 Å². The average molecular weight is 360 g/mol. The summed E-state index contributed by atoms with van der Waals surface area (Å²) in [6.45, 7) is 0. The molecule has 1 aromatic carbocycles. The van der Waals surface area contributed by atoms with Crippen LogP contribution in [0, 0.1) is 17.5 Å².